The summed E-state index contributed by atoms with van der Waals surface area (Å²) in [6, 6.07) is 0.729. The highest BCUT2D eigenvalue weighted by Crippen LogP contribution is 2.41. The van der Waals surface area contributed by atoms with Gasteiger partial charge >= 0.3 is 0 Å². The summed E-state index contributed by atoms with van der Waals surface area (Å²) in [7, 11) is 5.76. The van der Waals surface area contributed by atoms with E-state index >= 15 is 0 Å². The Labute approximate surface area is 240 Å². The number of allylic oxidation sites excluding steroid dienone is 4. The summed E-state index contributed by atoms with van der Waals surface area (Å²) < 4.78 is 0. The monoisotopic (exact) mass is 548 g/mol. The van der Waals surface area contributed by atoms with Crippen molar-refractivity contribution < 1.29 is 9.59 Å². The first kappa shape index (κ1) is 29.8. The normalized spacial score (nSPS) is 28.1. The minimum absolute atomic E-state index is 0.00461. The molecule has 2 unspecified atom stereocenters. The van der Waals surface area contributed by atoms with Gasteiger partial charge in [-0.05, 0) is 84.2 Å². The van der Waals surface area contributed by atoms with Crippen LogP contribution in [0.2, 0.25) is 0 Å². The number of hydrogen-bond acceptors (Lipinski definition) is 5. The number of carbonyl (C=O) groups excluding carboxylic acids is 2. The Morgan fingerprint density at radius 2 is 1.90 bits per heavy atom. The summed E-state index contributed by atoms with van der Waals surface area (Å²) in [6.07, 6.45) is 14.4. The van der Waals surface area contributed by atoms with Crippen molar-refractivity contribution in [2.75, 3.05) is 40.9 Å². The van der Waals surface area contributed by atoms with E-state index in [1.807, 2.05) is 50.0 Å². The quantitative estimate of drug-likeness (QED) is 0.364. The van der Waals surface area contributed by atoms with Crippen LogP contribution < -0.4 is 5.32 Å². The van der Waals surface area contributed by atoms with Crippen molar-refractivity contribution in [3.8, 4) is 0 Å². The number of nitrogens with zero attached hydrogens (tertiary/aromatic N) is 5. The van der Waals surface area contributed by atoms with Crippen LogP contribution in [0.15, 0.2) is 64.0 Å². The van der Waals surface area contributed by atoms with Crippen molar-refractivity contribution in [1.82, 2.24) is 24.9 Å². The van der Waals surface area contributed by atoms with Gasteiger partial charge in [0.1, 0.15) is 18.2 Å². The van der Waals surface area contributed by atoms with Crippen molar-refractivity contribution in [1.29, 1.82) is 0 Å². The molecule has 1 aliphatic carbocycles. The molecule has 40 heavy (non-hydrogen) atoms. The van der Waals surface area contributed by atoms with Crippen LogP contribution in [0.4, 0.5) is 0 Å². The molecule has 1 N–H and O–H groups in total. The summed E-state index contributed by atoms with van der Waals surface area (Å²) >= 11 is 0. The molecule has 4 aliphatic heterocycles. The molecule has 0 aromatic rings. The molecule has 4 fully saturated rings. The average molecular weight is 549 g/mol. The average Bonchev–Trinajstić information content (AvgIpc) is 3.50. The zero-order chi connectivity index (χ0) is 29.2. The van der Waals surface area contributed by atoms with Gasteiger partial charge in [-0.25, -0.2) is 4.99 Å². The Morgan fingerprint density at radius 3 is 2.50 bits per heavy atom. The van der Waals surface area contributed by atoms with E-state index in [4.69, 9.17) is 4.99 Å². The van der Waals surface area contributed by atoms with Crippen molar-refractivity contribution in [2.24, 2.45) is 4.99 Å². The first-order valence-corrected chi connectivity index (χ1v) is 14.7. The van der Waals surface area contributed by atoms with Gasteiger partial charge in [0.15, 0.2) is 0 Å². The molecule has 8 heteroatoms. The van der Waals surface area contributed by atoms with Crippen molar-refractivity contribution >= 4 is 17.6 Å². The number of amidine groups is 1. The molecule has 3 saturated heterocycles. The van der Waals surface area contributed by atoms with E-state index < -0.39 is 0 Å². The molecule has 5 rings (SSSR count). The van der Waals surface area contributed by atoms with Crippen LogP contribution in [-0.4, -0.2) is 95.8 Å². The number of hydrogen-bond donors (Lipinski definition) is 1. The van der Waals surface area contributed by atoms with Crippen molar-refractivity contribution in [3.05, 3.63) is 59.0 Å². The third-order valence-corrected chi connectivity index (χ3v) is 9.15. The number of rotatable bonds is 8. The molecular formula is C32H48N6O2. The van der Waals surface area contributed by atoms with Crippen LogP contribution in [0.25, 0.3) is 0 Å². The van der Waals surface area contributed by atoms with E-state index in [0.717, 1.165) is 61.5 Å². The van der Waals surface area contributed by atoms with Crippen molar-refractivity contribution in [2.45, 2.75) is 83.8 Å². The molecule has 4 heterocycles. The Kier molecular flexibility index (Phi) is 9.08. The minimum atomic E-state index is 0.00461. The zero-order valence-electron chi connectivity index (χ0n) is 25.6. The molecule has 2 amide bonds. The standard InChI is InChI=1S/C32H48N6O2/c1-9-24-18-28(31(40)35(6)7)38(25-12-10-11-13-25)29(24)34-21-33-23(4)14-15-27(22(2)3)30(39)37-17-16-32(5)19-26(20-37)36(32)8/h9,14-15,18,25-26,33H,2,10-13,16-17,19-21H2,1,3-8H3/b23-14+,24-9-,27-15+,34-29+. The van der Waals surface area contributed by atoms with E-state index in [9.17, 15) is 9.59 Å². The third kappa shape index (κ3) is 5.97. The van der Waals surface area contributed by atoms with Gasteiger partial charge in [-0.2, -0.15) is 0 Å². The number of amides is 2. The van der Waals surface area contributed by atoms with Crippen LogP contribution >= 0.6 is 0 Å². The van der Waals surface area contributed by atoms with E-state index in [2.05, 4.69) is 35.7 Å². The second kappa shape index (κ2) is 12.2. The second-order valence-electron chi connectivity index (χ2n) is 12.3. The number of carbonyl (C=O) groups is 2. The fraction of sp³-hybridized carbons (Fsp3) is 0.594. The maximum atomic E-state index is 13.5. The lowest BCUT2D eigenvalue weighted by Gasteiger charge is -2.53. The number of nitrogens with one attached hydrogen (secondary N) is 1. The zero-order valence-corrected chi connectivity index (χ0v) is 25.6. The van der Waals surface area contributed by atoms with Gasteiger partial charge in [-0.3, -0.25) is 14.5 Å². The molecule has 218 valence electrons. The molecule has 5 aliphatic rings. The molecule has 2 bridgehead atoms. The molecule has 2 atom stereocenters. The lowest BCUT2D eigenvalue weighted by atomic mass is 9.79. The smallest absolute Gasteiger partial charge is 0.270 e. The highest BCUT2D eigenvalue weighted by Gasteiger charge is 2.49. The fourth-order valence-electron chi connectivity index (χ4n) is 6.40. The van der Waals surface area contributed by atoms with Crippen LogP contribution in [0, 0.1) is 0 Å². The van der Waals surface area contributed by atoms with E-state index in [-0.39, 0.29) is 17.4 Å². The van der Waals surface area contributed by atoms with Gasteiger partial charge in [-0.15, -0.1) is 0 Å². The number of likely N-dealkylation sites (N-methyl/N-ethyl adjacent to an activating group) is 2. The topological polar surface area (TPSA) is 71.5 Å². The van der Waals surface area contributed by atoms with E-state index in [1.165, 1.54) is 12.8 Å². The van der Waals surface area contributed by atoms with Gasteiger partial charge in [0.05, 0.1) is 0 Å². The second-order valence-corrected chi connectivity index (χ2v) is 12.3. The summed E-state index contributed by atoms with van der Waals surface area (Å²) in [5.74, 6) is 0.915. The summed E-state index contributed by atoms with van der Waals surface area (Å²) in [6.45, 7) is 14.2. The summed E-state index contributed by atoms with van der Waals surface area (Å²) in [5, 5.41) is 3.37. The molecule has 0 aromatic carbocycles. The number of aliphatic imine (C=N–C) groups is 1. The van der Waals surface area contributed by atoms with Crippen LogP contribution in [-0.2, 0) is 9.59 Å². The molecule has 0 aromatic heterocycles. The molecule has 0 spiro atoms. The lowest BCUT2D eigenvalue weighted by molar-refractivity contribution is -0.127. The molecule has 0 radical (unpaired) electrons. The highest BCUT2D eigenvalue weighted by molar-refractivity contribution is 6.12. The molecular weight excluding hydrogens is 500 g/mol. The van der Waals surface area contributed by atoms with Crippen LogP contribution in [0.5, 0.6) is 0 Å². The SMILES string of the molecule is C=C(C)/C(=C\C=C(/C)NC/N=C1\C(=C/C)C=C(C(=O)N(C)C)N1C1CCCC1)C(=O)N1CCC2(C)CC(C1)N2C. The predicted octanol–water partition coefficient (Wildman–Crippen LogP) is 4.21. The van der Waals surface area contributed by atoms with Gasteiger partial charge < -0.3 is 20.0 Å². The number of fused-ring (bicyclic) bond motifs is 3. The van der Waals surface area contributed by atoms with Gasteiger partial charge in [-0.1, -0.05) is 25.5 Å². The summed E-state index contributed by atoms with van der Waals surface area (Å²) in [5.41, 5.74) is 4.22. The van der Waals surface area contributed by atoms with Gasteiger partial charge in [0, 0.05) is 61.7 Å². The van der Waals surface area contributed by atoms with Crippen molar-refractivity contribution in [3.63, 3.8) is 0 Å². The molecule has 1 saturated carbocycles. The van der Waals surface area contributed by atoms with Crippen LogP contribution in [0.1, 0.15) is 66.2 Å². The maximum Gasteiger partial charge on any atom is 0.270 e. The van der Waals surface area contributed by atoms with Gasteiger partial charge in [0.25, 0.3) is 11.8 Å². The highest BCUT2D eigenvalue weighted by atomic mass is 16.2. The first-order valence-electron chi connectivity index (χ1n) is 14.7. The Morgan fingerprint density at radius 1 is 1.20 bits per heavy atom. The van der Waals surface area contributed by atoms with Gasteiger partial charge in [0.2, 0.25) is 0 Å². The first-order chi connectivity index (χ1) is 19.0. The van der Waals surface area contributed by atoms with Crippen LogP contribution in [0.3, 0.4) is 0 Å². The summed E-state index contributed by atoms with van der Waals surface area (Å²) in [4.78, 5) is 39.6. The Hall–Kier alpha value is -3.13. The largest absolute Gasteiger partial charge is 0.370 e. The van der Waals surface area contributed by atoms with E-state index in [1.54, 1.807) is 19.0 Å². The fourth-order valence-corrected chi connectivity index (χ4v) is 6.40. The molecule has 8 nitrogen and oxygen atoms in total. The maximum absolute atomic E-state index is 13.5. The Balaban J connectivity index is 1.46. The lowest BCUT2D eigenvalue weighted by Crippen LogP contribution is -2.62. The Bertz CT molecular complexity index is 1190. The third-order valence-electron chi connectivity index (χ3n) is 9.15. The van der Waals surface area contributed by atoms with E-state index in [0.29, 0.717) is 30.0 Å². The predicted molar refractivity (Wildman–Crippen MR) is 162 cm³/mol. The minimum Gasteiger partial charge on any atom is -0.370 e.